The third-order valence-electron chi connectivity index (χ3n) is 5.57. The maximum atomic E-state index is 13.0. The number of rotatable bonds is 8. The van der Waals surface area contributed by atoms with Gasteiger partial charge in [-0.3, -0.25) is 13.9 Å². The van der Waals surface area contributed by atoms with Gasteiger partial charge >= 0.3 is 5.69 Å². The van der Waals surface area contributed by atoms with E-state index >= 15 is 0 Å². The summed E-state index contributed by atoms with van der Waals surface area (Å²) in [5.41, 5.74) is 3.34. The minimum atomic E-state index is -1.00. The molecule has 0 saturated carbocycles. The fraction of sp³-hybridized carbons (Fsp3) is 0.250. The highest BCUT2D eigenvalue weighted by atomic mass is 16.5. The number of anilines is 1. The average molecular weight is 479 g/mol. The number of phenols is 1. The van der Waals surface area contributed by atoms with E-state index < -0.39 is 17.4 Å². The summed E-state index contributed by atoms with van der Waals surface area (Å²) in [7, 11) is 2.89. The number of hydrogen-bond donors (Lipinski definition) is 3. The first-order valence-electron chi connectivity index (χ1n) is 10.9. The van der Waals surface area contributed by atoms with E-state index in [-0.39, 0.29) is 36.0 Å². The summed E-state index contributed by atoms with van der Waals surface area (Å²) in [5.74, 6) is 0.831. The Bertz CT molecular complexity index is 1520. The molecule has 0 fully saturated rings. The molecule has 0 bridgehead atoms. The number of aliphatic hydroxyl groups is 1. The van der Waals surface area contributed by atoms with Gasteiger partial charge in [0.15, 0.2) is 11.2 Å². The number of hydrazone groups is 1. The Kier molecular flexibility index (Phi) is 6.69. The van der Waals surface area contributed by atoms with Gasteiger partial charge in [0.05, 0.1) is 12.8 Å². The Morgan fingerprint density at radius 1 is 1.11 bits per heavy atom. The molecule has 0 spiro atoms. The van der Waals surface area contributed by atoms with Crippen LogP contribution in [0.4, 0.5) is 5.95 Å². The van der Waals surface area contributed by atoms with Crippen molar-refractivity contribution < 1.29 is 14.9 Å². The number of nitrogens with zero attached hydrogens (tertiary/aromatic N) is 5. The van der Waals surface area contributed by atoms with Crippen molar-refractivity contribution in [2.24, 2.45) is 19.2 Å². The molecular formula is C24H26N6O5. The van der Waals surface area contributed by atoms with E-state index in [2.05, 4.69) is 15.5 Å². The molecule has 1 unspecified atom stereocenters. The molecule has 0 saturated heterocycles. The average Bonchev–Trinajstić information content (AvgIpc) is 3.20. The molecule has 11 heteroatoms. The van der Waals surface area contributed by atoms with Crippen LogP contribution in [0.2, 0.25) is 0 Å². The number of phenolic OH excluding ortho intramolecular Hbond substituents is 1. The van der Waals surface area contributed by atoms with Crippen molar-refractivity contribution >= 4 is 23.3 Å². The molecule has 11 nitrogen and oxygen atoms in total. The van der Waals surface area contributed by atoms with Crippen molar-refractivity contribution in [2.45, 2.75) is 19.6 Å². The SMILES string of the molecule is Cc1ccccc1OCC(O)Cn1c(N/N=C/c2ccccc2O)nc2c1c(=O)n(C)c(=O)n2C. The topological polar surface area (TPSA) is 136 Å². The Labute approximate surface area is 200 Å². The number of ether oxygens (including phenoxy) is 1. The van der Waals surface area contributed by atoms with E-state index in [4.69, 9.17) is 4.74 Å². The van der Waals surface area contributed by atoms with E-state index in [0.29, 0.717) is 11.3 Å². The number of nitrogens with one attached hydrogen (secondary N) is 1. The predicted molar refractivity (Wildman–Crippen MR) is 132 cm³/mol. The maximum Gasteiger partial charge on any atom is 0.332 e. The molecule has 182 valence electrons. The lowest BCUT2D eigenvalue weighted by molar-refractivity contribution is 0.0935. The van der Waals surface area contributed by atoms with Crippen LogP contribution in [0.3, 0.4) is 0 Å². The molecule has 3 N–H and O–H groups in total. The highest BCUT2D eigenvalue weighted by Crippen LogP contribution is 2.19. The number of aryl methyl sites for hydroxylation is 2. The summed E-state index contributed by atoms with van der Waals surface area (Å²) in [6.45, 7) is 1.82. The van der Waals surface area contributed by atoms with E-state index in [0.717, 1.165) is 10.1 Å². The number of benzene rings is 2. The third-order valence-corrected chi connectivity index (χ3v) is 5.57. The van der Waals surface area contributed by atoms with Gasteiger partial charge in [0, 0.05) is 19.7 Å². The molecular weight excluding hydrogens is 452 g/mol. The number of aromatic nitrogens is 4. The second kappa shape index (κ2) is 9.85. The van der Waals surface area contributed by atoms with Crippen LogP contribution in [0.15, 0.2) is 63.2 Å². The Hall–Kier alpha value is -4.38. The molecule has 0 aliphatic heterocycles. The van der Waals surface area contributed by atoms with Crippen molar-refractivity contribution in [3.05, 3.63) is 80.5 Å². The van der Waals surface area contributed by atoms with Crippen LogP contribution < -0.4 is 21.4 Å². The first-order chi connectivity index (χ1) is 16.8. The van der Waals surface area contributed by atoms with Crippen molar-refractivity contribution in [2.75, 3.05) is 12.0 Å². The van der Waals surface area contributed by atoms with Crippen molar-refractivity contribution in [3.8, 4) is 11.5 Å². The Balaban J connectivity index is 1.68. The normalized spacial score (nSPS) is 12.3. The number of fused-ring (bicyclic) bond motifs is 1. The summed E-state index contributed by atoms with van der Waals surface area (Å²) >= 11 is 0. The zero-order valence-corrected chi connectivity index (χ0v) is 19.5. The largest absolute Gasteiger partial charge is 0.507 e. The molecule has 4 aromatic rings. The summed E-state index contributed by atoms with van der Waals surface area (Å²) in [6.07, 6.45) is 0.394. The fourth-order valence-electron chi connectivity index (χ4n) is 3.63. The first kappa shape index (κ1) is 23.8. The van der Waals surface area contributed by atoms with Crippen LogP contribution in [0.25, 0.3) is 11.2 Å². The third kappa shape index (κ3) is 4.80. The monoisotopic (exact) mass is 478 g/mol. The fourth-order valence-corrected chi connectivity index (χ4v) is 3.63. The van der Waals surface area contributed by atoms with Gasteiger partial charge < -0.3 is 19.5 Å². The van der Waals surface area contributed by atoms with E-state index in [1.807, 2.05) is 25.1 Å². The lowest BCUT2D eigenvalue weighted by Gasteiger charge is -2.16. The van der Waals surface area contributed by atoms with Crippen LogP contribution in [0, 0.1) is 6.92 Å². The van der Waals surface area contributed by atoms with Crippen LogP contribution in [0.1, 0.15) is 11.1 Å². The molecule has 2 aromatic carbocycles. The molecule has 0 amide bonds. The van der Waals surface area contributed by atoms with E-state index in [9.17, 15) is 19.8 Å². The van der Waals surface area contributed by atoms with Crippen LogP contribution >= 0.6 is 0 Å². The quantitative estimate of drug-likeness (QED) is 0.257. The smallest absolute Gasteiger partial charge is 0.332 e. The predicted octanol–water partition coefficient (Wildman–Crippen LogP) is 1.33. The number of imidazole rings is 1. The summed E-state index contributed by atoms with van der Waals surface area (Å²) in [6, 6.07) is 14.1. The second-order valence-electron chi connectivity index (χ2n) is 8.08. The van der Waals surface area contributed by atoms with Gasteiger partial charge in [0.1, 0.15) is 24.2 Å². The van der Waals surface area contributed by atoms with Crippen molar-refractivity contribution in [3.63, 3.8) is 0 Å². The maximum absolute atomic E-state index is 13.0. The lowest BCUT2D eigenvalue weighted by Crippen LogP contribution is -2.38. The van der Waals surface area contributed by atoms with Crippen LogP contribution in [0.5, 0.6) is 11.5 Å². The minimum Gasteiger partial charge on any atom is -0.507 e. The van der Waals surface area contributed by atoms with Crippen molar-refractivity contribution in [1.82, 2.24) is 18.7 Å². The Morgan fingerprint density at radius 3 is 2.57 bits per heavy atom. The van der Waals surface area contributed by atoms with Crippen molar-refractivity contribution in [1.29, 1.82) is 0 Å². The van der Waals surface area contributed by atoms with Gasteiger partial charge in [-0.1, -0.05) is 30.3 Å². The number of aromatic hydroxyl groups is 1. The molecule has 35 heavy (non-hydrogen) atoms. The molecule has 4 rings (SSSR count). The summed E-state index contributed by atoms with van der Waals surface area (Å²) in [4.78, 5) is 29.7. The van der Waals surface area contributed by atoms with Crippen LogP contribution in [-0.4, -0.2) is 47.8 Å². The van der Waals surface area contributed by atoms with Gasteiger partial charge in [0.2, 0.25) is 5.95 Å². The minimum absolute atomic E-state index is 0.0306. The lowest BCUT2D eigenvalue weighted by atomic mass is 10.2. The van der Waals surface area contributed by atoms with Gasteiger partial charge in [-0.05, 0) is 30.7 Å². The zero-order valence-electron chi connectivity index (χ0n) is 19.5. The van der Waals surface area contributed by atoms with Gasteiger partial charge in [-0.2, -0.15) is 10.1 Å². The molecule has 1 atom stereocenters. The molecule has 0 radical (unpaired) electrons. The highest BCUT2D eigenvalue weighted by molar-refractivity contribution is 5.83. The van der Waals surface area contributed by atoms with Gasteiger partial charge in [-0.15, -0.1) is 0 Å². The molecule has 0 aliphatic rings. The van der Waals surface area contributed by atoms with E-state index in [1.54, 1.807) is 24.3 Å². The summed E-state index contributed by atoms with van der Waals surface area (Å²) < 4.78 is 9.44. The molecule has 2 heterocycles. The number of hydrogen-bond acceptors (Lipinski definition) is 8. The molecule has 2 aromatic heterocycles. The second-order valence-corrected chi connectivity index (χ2v) is 8.08. The zero-order chi connectivity index (χ0) is 25.1. The molecule has 0 aliphatic carbocycles. The number of para-hydroxylation sites is 2. The standard InChI is InChI=1S/C24H26N6O5/c1-15-8-4-7-11-19(15)35-14-17(31)13-30-20-21(28(2)24(34)29(3)22(20)33)26-23(30)27-25-12-16-9-5-6-10-18(16)32/h4-12,17,31-32H,13-14H2,1-3H3,(H,26,27)/b25-12+. The highest BCUT2D eigenvalue weighted by Gasteiger charge is 2.21. The van der Waals surface area contributed by atoms with E-state index in [1.165, 1.54) is 35.5 Å². The van der Waals surface area contributed by atoms with Crippen LogP contribution in [-0.2, 0) is 20.6 Å². The van der Waals surface area contributed by atoms with Gasteiger partial charge in [-0.25, -0.2) is 10.2 Å². The Morgan fingerprint density at radius 2 is 1.83 bits per heavy atom. The van der Waals surface area contributed by atoms with Gasteiger partial charge in [0.25, 0.3) is 5.56 Å². The number of aliphatic hydroxyl groups excluding tert-OH is 1. The summed E-state index contributed by atoms with van der Waals surface area (Å²) in [5, 5.41) is 24.8. The first-order valence-corrected chi connectivity index (χ1v) is 10.9.